The zero-order valence-electron chi connectivity index (χ0n) is 8.14. The molecule has 1 aromatic heterocycles. The molecule has 0 bridgehead atoms. The van der Waals surface area contributed by atoms with Crippen LogP contribution in [0.4, 0.5) is 0 Å². The minimum absolute atomic E-state index is 0.108. The van der Waals surface area contributed by atoms with E-state index in [1.54, 1.807) is 11.3 Å². The van der Waals surface area contributed by atoms with E-state index in [9.17, 15) is 4.79 Å². The predicted octanol–water partition coefficient (Wildman–Crippen LogP) is 3.27. The summed E-state index contributed by atoms with van der Waals surface area (Å²) >= 11 is 8.78. The van der Waals surface area contributed by atoms with Gasteiger partial charge in [0.2, 0.25) is 0 Å². The average molecular weight is 274 g/mol. The van der Waals surface area contributed by atoms with Gasteiger partial charge in [0, 0.05) is 10.8 Å². The molecule has 0 spiro atoms. The standard InChI is InChI=1S/C10H8ClNO2S2/c11-6-1-2-8-7(3-6)12-9(16-8)4-15-5-10(13)14/h1-3H,4-5H2,(H,13,14). The smallest absolute Gasteiger partial charge is 0.313 e. The quantitative estimate of drug-likeness (QED) is 0.929. The first-order valence-electron chi connectivity index (χ1n) is 4.49. The highest BCUT2D eigenvalue weighted by Gasteiger charge is 2.05. The summed E-state index contributed by atoms with van der Waals surface area (Å²) in [7, 11) is 0. The minimum atomic E-state index is -0.797. The third-order valence-corrected chi connectivity index (χ3v) is 4.23. The van der Waals surface area contributed by atoms with Gasteiger partial charge in [-0.15, -0.1) is 23.1 Å². The van der Waals surface area contributed by atoms with Crippen LogP contribution in [-0.2, 0) is 10.5 Å². The zero-order chi connectivity index (χ0) is 11.5. The van der Waals surface area contributed by atoms with Crippen molar-refractivity contribution in [1.29, 1.82) is 0 Å². The molecule has 0 amide bonds. The van der Waals surface area contributed by atoms with Crippen LogP contribution in [0.3, 0.4) is 0 Å². The van der Waals surface area contributed by atoms with Crippen molar-refractivity contribution in [3.63, 3.8) is 0 Å². The molecule has 0 fully saturated rings. The summed E-state index contributed by atoms with van der Waals surface area (Å²) in [5.41, 5.74) is 0.878. The van der Waals surface area contributed by atoms with Gasteiger partial charge in [0.1, 0.15) is 5.01 Å². The predicted molar refractivity (Wildman–Crippen MR) is 68.4 cm³/mol. The molecular formula is C10H8ClNO2S2. The Kier molecular flexibility index (Phi) is 3.68. The fourth-order valence-corrected chi connectivity index (χ4v) is 3.15. The number of halogens is 1. The van der Waals surface area contributed by atoms with E-state index in [1.807, 2.05) is 18.2 Å². The van der Waals surface area contributed by atoms with Crippen molar-refractivity contribution in [3.8, 4) is 0 Å². The first-order chi connectivity index (χ1) is 7.65. The van der Waals surface area contributed by atoms with Gasteiger partial charge in [-0.3, -0.25) is 4.79 Å². The second-order valence-corrected chi connectivity index (χ2v) is 5.64. The topological polar surface area (TPSA) is 50.2 Å². The Labute approximate surface area is 105 Å². The number of hydrogen-bond donors (Lipinski definition) is 1. The van der Waals surface area contributed by atoms with Crippen LogP contribution in [0.25, 0.3) is 10.2 Å². The number of fused-ring (bicyclic) bond motifs is 1. The molecule has 0 unspecified atom stereocenters. The molecule has 0 saturated carbocycles. The van der Waals surface area contributed by atoms with Gasteiger partial charge in [-0.2, -0.15) is 0 Å². The fraction of sp³-hybridized carbons (Fsp3) is 0.200. The van der Waals surface area contributed by atoms with Crippen LogP contribution < -0.4 is 0 Å². The van der Waals surface area contributed by atoms with E-state index in [4.69, 9.17) is 16.7 Å². The third-order valence-electron chi connectivity index (χ3n) is 1.84. The monoisotopic (exact) mass is 273 g/mol. The van der Waals surface area contributed by atoms with E-state index in [0.717, 1.165) is 15.2 Å². The zero-order valence-corrected chi connectivity index (χ0v) is 10.5. The molecule has 1 heterocycles. The van der Waals surface area contributed by atoms with Crippen molar-refractivity contribution in [1.82, 2.24) is 4.98 Å². The van der Waals surface area contributed by atoms with E-state index in [0.29, 0.717) is 10.8 Å². The van der Waals surface area contributed by atoms with Gasteiger partial charge in [0.25, 0.3) is 0 Å². The van der Waals surface area contributed by atoms with Crippen molar-refractivity contribution in [2.75, 3.05) is 5.75 Å². The van der Waals surface area contributed by atoms with Crippen LogP contribution in [0.5, 0.6) is 0 Å². The lowest BCUT2D eigenvalue weighted by Gasteiger charge is -1.92. The summed E-state index contributed by atoms with van der Waals surface area (Å²) in [6, 6.07) is 5.58. The highest BCUT2D eigenvalue weighted by Crippen LogP contribution is 2.27. The molecule has 2 rings (SSSR count). The molecule has 84 valence electrons. The normalized spacial score (nSPS) is 10.8. The van der Waals surface area contributed by atoms with E-state index < -0.39 is 5.97 Å². The second-order valence-electron chi connectivity index (χ2n) is 3.11. The number of carboxylic acid groups (broad SMARTS) is 1. The SMILES string of the molecule is O=C(O)CSCc1nc2cc(Cl)ccc2s1. The van der Waals surface area contributed by atoms with E-state index in [1.165, 1.54) is 11.8 Å². The average Bonchev–Trinajstić information content (AvgIpc) is 2.58. The number of carboxylic acids is 1. The number of rotatable bonds is 4. The molecule has 0 aliphatic rings. The van der Waals surface area contributed by atoms with Crippen molar-refractivity contribution in [2.45, 2.75) is 5.75 Å². The Morgan fingerprint density at radius 1 is 1.56 bits per heavy atom. The molecule has 1 aromatic carbocycles. The molecule has 0 atom stereocenters. The third kappa shape index (κ3) is 2.87. The molecule has 0 aliphatic heterocycles. The van der Waals surface area contributed by atoms with Crippen molar-refractivity contribution in [3.05, 3.63) is 28.2 Å². The number of aliphatic carboxylic acids is 1. The molecule has 2 aromatic rings. The Hall–Kier alpha value is -0.780. The fourth-order valence-electron chi connectivity index (χ4n) is 1.24. The van der Waals surface area contributed by atoms with Crippen LogP contribution in [-0.4, -0.2) is 21.8 Å². The molecule has 1 N–H and O–H groups in total. The van der Waals surface area contributed by atoms with Crippen LogP contribution in [0, 0.1) is 0 Å². The summed E-state index contributed by atoms with van der Waals surface area (Å²) in [5.74, 6) is -0.0610. The molecule has 16 heavy (non-hydrogen) atoms. The number of thiazole rings is 1. The molecular weight excluding hydrogens is 266 g/mol. The van der Waals surface area contributed by atoms with Gasteiger partial charge >= 0.3 is 5.97 Å². The first kappa shape index (κ1) is 11.7. The molecule has 3 nitrogen and oxygen atoms in total. The van der Waals surface area contributed by atoms with Gasteiger partial charge in [-0.05, 0) is 18.2 Å². The van der Waals surface area contributed by atoms with E-state index in [2.05, 4.69) is 4.98 Å². The summed E-state index contributed by atoms with van der Waals surface area (Å²) in [5, 5.41) is 10.1. The van der Waals surface area contributed by atoms with Gasteiger partial charge in [-0.25, -0.2) is 4.98 Å². The number of benzene rings is 1. The summed E-state index contributed by atoms with van der Waals surface area (Å²) in [6.07, 6.45) is 0. The van der Waals surface area contributed by atoms with Crippen LogP contribution >= 0.6 is 34.7 Å². The second kappa shape index (κ2) is 5.03. The lowest BCUT2D eigenvalue weighted by molar-refractivity contribution is -0.133. The maximum absolute atomic E-state index is 10.4. The van der Waals surface area contributed by atoms with Crippen molar-refractivity contribution >= 4 is 50.9 Å². The molecule has 0 saturated heterocycles. The minimum Gasteiger partial charge on any atom is -0.481 e. The van der Waals surface area contributed by atoms with Crippen LogP contribution in [0.15, 0.2) is 18.2 Å². The summed E-state index contributed by atoms with van der Waals surface area (Å²) in [4.78, 5) is 14.7. The Morgan fingerprint density at radius 2 is 2.38 bits per heavy atom. The number of hydrogen-bond acceptors (Lipinski definition) is 4. The van der Waals surface area contributed by atoms with E-state index >= 15 is 0 Å². The Bertz CT molecular complexity index is 527. The Morgan fingerprint density at radius 3 is 3.12 bits per heavy atom. The number of carbonyl (C=O) groups is 1. The molecule has 6 heteroatoms. The number of nitrogens with zero attached hydrogens (tertiary/aromatic N) is 1. The van der Waals surface area contributed by atoms with E-state index in [-0.39, 0.29) is 5.75 Å². The van der Waals surface area contributed by atoms with Gasteiger partial charge < -0.3 is 5.11 Å². The lowest BCUT2D eigenvalue weighted by Crippen LogP contribution is -1.97. The van der Waals surface area contributed by atoms with Gasteiger partial charge in [0.05, 0.1) is 16.0 Å². The largest absolute Gasteiger partial charge is 0.481 e. The summed E-state index contributed by atoms with van der Waals surface area (Å²) < 4.78 is 1.08. The van der Waals surface area contributed by atoms with Crippen LogP contribution in [0.1, 0.15) is 5.01 Å². The highest BCUT2D eigenvalue weighted by atomic mass is 35.5. The van der Waals surface area contributed by atoms with Crippen molar-refractivity contribution in [2.24, 2.45) is 0 Å². The lowest BCUT2D eigenvalue weighted by atomic mass is 10.3. The van der Waals surface area contributed by atoms with Gasteiger partial charge in [0.15, 0.2) is 0 Å². The molecule has 0 radical (unpaired) electrons. The molecule has 0 aliphatic carbocycles. The number of thioether (sulfide) groups is 1. The number of aromatic nitrogens is 1. The highest BCUT2D eigenvalue weighted by molar-refractivity contribution is 7.99. The maximum atomic E-state index is 10.4. The summed E-state index contributed by atoms with van der Waals surface area (Å²) in [6.45, 7) is 0. The maximum Gasteiger partial charge on any atom is 0.313 e. The first-order valence-corrected chi connectivity index (χ1v) is 6.84. The van der Waals surface area contributed by atoms with Gasteiger partial charge in [-0.1, -0.05) is 11.6 Å². The Balaban J connectivity index is 2.10. The van der Waals surface area contributed by atoms with Crippen molar-refractivity contribution < 1.29 is 9.90 Å². The van der Waals surface area contributed by atoms with Crippen LogP contribution in [0.2, 0.25) is 5.02 Å².